The van der Waals surface area contributed by atoms with E-state index in [9.17, 15) is 14.7 Å². The number of benzene rings is 3. The van der Waals surface area contributed by atoms with Crippen molar-refractivity contribution in [3.05, 3.63) is 90.3 Å². The second kappa shape index (κ2) is 11.1. The van der Waals surface area contributed by atoms with E-state index in [2.05, 4.69) is 10.4 Å². The third-order valence-corrected chi connectivity index (χ3v) is 6.54. The van der Waals surface area contributed by atoms with Gasteiger partial charge in [-0.3, -0.25) is 4.79 Å². The Bertz CT molecular complexity index is 1330. The second-order valence-electron chi connectivity index (χ2n) is 8.87. The van der Waals surface area contributed by atoms with Crippen LogP contribution in [0.4, 0.5) is 0 Å². The van der Waals surface area contributed by atoms with Crippen LogP contribution < -0.4 is 10.1 Å². The lowest BCUT2D eigenvalue weighted by atomic mass is 9.89. The Morgan fingerprint density at radius 3 is 2.47 bits per heavy atom. The van der Waals surface area contributed by atoms with Gasteiger partial charge in [-0.1, -0.05) is 69.2 Å². The van der Waals surface area contributed by atoms with Crippen molar-refractivity contribution < 1.29 is 19.4 Å². The number of hydrogen-bond donors (Lipinski definition) is 2. The van der Waals surface area contributed by atoms with Gasteiger partial charge in [0.05, 0.1) is 11.3 Å². The van der Waals surface area contributed by atoms with E-state index in [-0.39, 0.29) is 6.61 Å². The second-order valence-corrected chi connectivity index (χ2v) is 8.87. The lowest BCUT2D eigenvalue weighted by Gasteiger charge is -2.30. The summed E-state index contributed by atoms with van der Waals surface area (Å²) in [6.07, 6.45) is 5.81. The highest BCUT2D eigenvalue weighted by Gasteiger charge is 2.38. The molecule has 1 amide bonds. The summed E-state index contributed by atoms with van der Waals surface area (Å²) in [5, 5.41) is 18.8. The highest BCUT2D eigenvalue weighted by molar-refractivity contribution is 6.05. The number of hydrogen-bond acceptors (Lipinski definition) is 4. The summed E-state index contributed by atoms with van der Waals surface area (Å²) < 4.78 is 8.02. The summed E-state index contributed by atoms with van der Waals surface area (Å²) in [5.74, 6) is -1.04. The van der Waals surface area contributed by atoms with Crippen molar-refractivity contribution in [1.82, 2.24) is 15.1 Å². The molecule has 0 spiro atoms. The number of nitrogens with zero attached hydrogens (tertiary/aromatic N) is 2. The molecule has 1 atom stereocenters. The van der Waals surface area contributed by atoms with Crippen LogP contribution in [0.2, 0.25) is 0 Å². The van der Waals surface area contributed by atoms with Crippen LogP contribution in [0.25, 0.3) is 16.5 Å². The molecule has 2 N–H and O–H groups in total. The van der Waals surface area contributed by atoms with Gasteiger partial charge in [0.15, 0.2) is 0 Å². The molecule has 0 bridgehead atoms. The summed E-state index contributed by atoms with van der Waals surface area (Å²) in [6.45, 7) is 4.04. The highest BCUT2D eigenvalue weighted by Crippen LogP contribution is 2.32. The fourth-order valence-corrected chi connectivity index (χ4v) is 4.30. The largest absolute Gasteiger partial charge is 0.487 e. The van der Waals surface area contributed by atoms with E-state index >= 15 is 0 Å². The quantitative estimate of drug-likeness (QED) is 0.282. The number of carbonyl (C=O) groups is 2. The van der Waals surface area contributed by atoms with Gasteiger partial charge in [-0.05, 0) is 48.1 Å². The number of carbonyl (C=O) groups excluding carboxylic acids is 1. The number of rotatable bonds is 11. The molecule has 0 aliphatic heterocycles. The van der Waals surface area contributed by atoms with Gasteiger partial charge in [-0.25, -0.2) is 9.48 Å². The minimum absolute atomic E-state index is 0.251. The first-order valence-electron chi connectivity index (χ1n) is 12.3. The predicted molar refractivity (Wildman–Crippen MR) is 139 cm³/mol. The molecule has 7 heteroatoms. The highest BCUT2D eigenvalue weighted by atomic mass is 16.5. The standard InChI is InChI=1S/C29H31N3O4/c1-3-5-17-29(4-2,28(34)35)31-27(33)25-16-13-22-9-6-7-10-24(22)26(25)36-20-21-11-14-23(15-12-21)32-19-8-18-30-32/h6-16,18-19H,3-5,17,20H2,1-2H3,(H,31,33)(H,34,35). The Labute approximate surface area is 210 Å². The van der Waals surface area contributed by atoms with Gasteiger partial charge in [0.2, 0.25) is 0 Å². The van der Waals surface area contributed by atoms with E-state index in [1.807, 2.05) is 73.8 Å². The molecule has 0 aliphatic carbocycles. The van der Waals surface area contributed by atoms with Crippen molar-refractivity contribution in [2.75, 3.05) is 0 Å². The molecule has 1 heterocycles. The van der Waals surface area contributed by atoms with Crippen LogP contribution >= 0.6 is 0 Å². The fourth-order valence-electron chi connectivity index (χ4n) is 4.30. The molecular weight excluding hydrogens is 454 g/mol. The fraction of sp³-hybridized carbons (Fsp3) is 0.276. The van der Waals surface area contributed by atoms with E-state index in [0.29, 0.717) is 30.6 Å². The van der Waals surface area contributed by atoms with Gasteiger partial charge in [-0.2, -0.15) is 5.10 Å². The minimum atomic E-state index is -1.32. The predicted octanol–water partition coefficient (Wildman–Crippen LogP) is 5.76. The topological polar surface area (TPSA) is 93.5 Å². The van der Waals surface area contributed by atoms with E-state index in [4.69, 9.17) is 4.74 Å². The first-order valence-corrected chi connectivity index (χ1v) is 12.3. The van der Waals surface area contributed by atoms with Gasteiger partial charge in [-0.15, -0.1) is 0 Å². The van der Waals surface area contributed by atoms with Crippen LogP contribution in [0.15, 0.2) is 79.1 Å². The van der Waals surface area contributed by atoms with E-state index in [1.165, 1.54) is 0 Å². The molecule has 0 aliphatic rings. The molecule has 186 valence electrons. The lowest BCUT2D eigenvalue weighted by molar-refractivity contribution is -0.145. The lowest BCUT2D eigenvalue weighted by Crippen LogP contribution is -2.54. The Hall–Kier alpha value is -4.13. The Kier molecular flexibility index (Phi) is 7.68. The number of unbranched alkanes of at least 4 members (excludes halogenated alkanes) is 1. The summed E-state index contributed by atoms with van der Waals surface area (Å²) >= 11 is 0. The van der Waals surface area contributed by atoms with Crippen LogP contribution in [-0.2, 0) is 11.4 Å². The smallest absolute Gasteiger partial charge is 0.329 e. The average Bonchev–Trinajstić information content (AvgIpc) is 3.45. The molecule has 0 saturated carbocycles. The maximum Gasteiger partial charge on any atom is 0.329 e. The van der Waals surface area contributed by atoms with Crippen molar-refractivity contribution in [3.63, 3.8) is 0 Å². The van der Waals surface area contributed by atoms with Crippen LogP contribution in [0.1, 0.15) is 55.5 Å². The van der Waals surface area contributed by atoms with E-state index < -0.39 is 17.4 Å². The van der Waals surface area contributed by atoms with E-state index in [0.717, 1.165) is 28.4 Å². The van der Waals surface area contributed by atoms with Crippen LogP contribution in [-0.4, -0.2) is 32.3 Å². The average molecular weight is 486 g/mol. The molecule has 7 nitrogen and oxygen atoms in total. The van der Waals surface area contributed by atoms with Crippen molar-refractivity contribution in [1.29, 1.82) is 0 Å². The number of nitrogens with one attached hydrogen (secondary N) is 1. The maximum absolute atomic E-state index is 13.5. The SMILES string of the molecule is CCCCC(CC)(NC(=O)c1ccc2ccccc2c1OCc1ccc(-n2cccn2)cc1)C(=O)O. The summed E-state index contributed by atoms with van der Waals surface area (Å²) in [6, 6.07) is 20.9. The maximum atomic E-state index is 13.5. The van der Waals surface area contributed by atoms with Crippen molar-refractivity contribution in [2.45, 2.75) is 51.7 Å². The summed E-state index contributed by atoms with van der Waals surface area (Å²) in [7, 11) is 0. The van der Waals surface area contributed by atoms with Crippen molar-refractivity contribution in [2.24, 2.45) is 0 Å². The number of aromatic nitrogens is 2. The number of carboxylic acids is 1. The number of ether oxygens (including phenoxy) is 1. The van der Waals surface area contributed by atoms with E-state index in [1.54, 1.807) is 23.9 Å². The number of amides is 1. The summed E-state index contributed by atoms with van der Waals surface area (Å²) in [4.78, 5) is 25.7. The molecule has 0 saturated heterocycles. The number of aliphatic carboxylic acids is 1. The molecule has 4 aromatic rings. The normalized spacial score (nSPS) is 12.7. The monoisotopic (exact) mass is 485 g/mol. The molecule has 36 heavy (non-hydrogen) atoms. The Morgan fingerprint density at radius 1 is 1.03 bits per heavy atom. The zero-order valence-corrected chi connectivity index (χ0v) is 20.6. The van der Waals surface area contributed by atoms with Crippen molar-refractivity contribution in [3.8, 4) is 11.4 Å². The van der Waals surface area contributed by atoms with Gasteiger partial charge >= 0.3 is 5.97 Å². The number of fused-ring (bicyclic) bond motifs is 1. The third kappa shape index (κ3) is 5.25. The van der Waals surface area contributed by atoms with Crippen LogP contribution in [0, 0.1) is 0 Å². The van der Waals surface area contributed by atoms with Gasteiger partial charge in [0.1, 0.15) is 17.9 Å². The van der Waals surface area contributed by atoms with Crippen LogP contribution in [0.3, 0.4) is 0 Å². The van der Waals surface area contributed by atoms with Crippen LogP contribution in [0.5, 0.6) is 5.75 Å². The third-order valence-electron chi connectivity index (χ3n) is 6.54. The molecule has 0 radical (unpaired) electrons. The Balaban J connectivity index is 1.63. The van der Waals surface area contributed by atoms with Gasteiger partial charge < -0.3 is 15.2 Å². The first-order chi connectivity index (χ1) is 17.5. The summed E-state index contributed by atoms with van der Waals surface area (Å²) in [5.41, 5.74) is 0.864. The molecule has 3 aromatic carbocycles. The first kappa shape index (κ1) is 25.0. The van der Waals surface area contributed by atoms with Crippen molar-refractivity contribution >= 4 is 22.6 Å². The molecular formula is C29H31N3O4. The minimum Gasteiger partial charge on any atom is -0.487 e. The molecule has 0 fully saturated rings. The Morgan fingerprint density at radius 2 is 1.81 bits per heavy atom. The zero-order chi connectivity index (χ0) is 25.5. The molecule has 1 aromatic heterocycles. The zero-order valence-electron chi connectivity index (χ0n) is 20.6. The molecule has 4 rings (SSSR count). The van der Waals surface area contributed by atoms with Gasteiger partial charge in [0.25, 0.3) is 5.91 Å². The number of carboxylic acid groups (broad SMARTS) is 1. The molecule has 1 unspecified atom stereocenters. The van der Waals surface area contributed by atoms with Gasteiger partial charge in [0, 0.05) is 17.8 Å².